The fraction of sp³-hybridized carbons (Fsp3) is 0.190. The molecule has 0 amide bonds. The molecular weight excluding hydrogens is 552 g/mol. The zero-order valence-electron chi connectivity index (χ0n) is 26.1. The quantitative estimate of drug-likeness (QED) is 0.204. The molecule has 0 N–H and O–H groups in total. The van der Waals surface area contributed by atoms with Gasteiger partial charge in [-0.1, -0.05) is 117 Å². The molecule has 5 aromatic rings. The molecule has 2 unspecified atom stereocenters. The van der Waals surface area contributed by atoms with Gasteiger partial charge >= 0.3 is 0 Å². The number of methoxy groups -OCH3 is 2. The van der Waals surface area contributed by atoms with E-state index >= 15 is 0 Å². The molecule has 1 aliphatic heterocycles. The van der Waals surface area contributed by atoms with E-state index in [9.17, 15) is 0 Å². The molecule has 2 aliphatic carbocycles. The Morgan fingerprint density at radius 3 is 2.27 bits per heavy atom. The predicted molar refractivity (Wildman–Crippen MR) is 184 cm³/mol. The molecule has 0 aromatic heterocycles. The maximum atomic E-state index is 7.49. The van der Waals surface area contributed by atoms with Crippen molar-refractivity contribution >= 4 is 16.8 Å². The van der Waals surface area contributed by atoms with E-state index in [1.807, 2.05) is 0 Å². The van der Waals surface area contributed by atoms with Gasteiger partial charge in [-0.05, 0) is 75.0 Å². The molecule has 0 spiro atoms. The molecule has 0 bridgehead atoms. The summed E-state index contributed by atoms with van der Waals surface area (Å²) < 4.78 is 18.9. The van der Waals surface area contributed by atoms with Gasteiger partial charge in [-0.15, -0.1) is 0 Å². The number of hydrogen-bond acceptors (Lipinski definition) is 3. The molecule has 0 fully saturated rings. The average molecular weight is 589 g/mol. The SMILES string of the molecule is COc1ccc2c3c(c4c(c2c1)OC(C1=CCC(OC)C=C1)(c1ccc(-c2ccccc2)cc1)C=C4)C(C)(C)c1ccccc1-3. The standard InChI is InChI=1S/C42H36O3/c1-41(2)37-13-9-8-12-34(37)38-33-23-22-32(44-4)26-36(33)40-35(39(38)41)24-25-42(45-40,30-18-20-31(43-3)21-19-30)29-16-14-28(15-17-29)27-10-6-5-7-11-27/h5-20,22-26,31H,21H2,1-4H3. The smallest absolute Gasteiger partial charge is 0.177 e. The molecule has 3 aliphatic rings. The van der Waals surface area contributed by atoms with Crippen molar-refractivity contribution in [2.75, 3.05) is 14.2 Å². The second-order valence-corrected chi connectivity index (χ2v) is 12.7. The molecule has 2 atom stereocenters. The lowest BCUT2D eigenvalue weighted by Gasteiger charge is -2.40. The van der Waals surface area contributed by atoms with Crippen LogP contribution < -0.4 is 9.47 Å². The van der Waals surface area contributed by atoms with Crippen LogP contribution in [0.25, 0.3) is 39.1 Å². The van der Waals surface area contributed by atoms with Crippen LogP contribution >= 0.6 is 0 Å². The van der Waals surface area contributed by atoms with Crippen LogP contribution in [0.2, 0.25) is 0 Å². The minimum atomic E-state index is -0.822. The summed E-state index contributed by atoms with van der Waals surface area (Å²) in [5.74, 6) is 1.70. The first-order chi connectivity index (χ1) is 21.9. The number of ether oxygens (including phenoxy) is 3. The lowest BCUT2D eigenvalue weighted by molar-refractivity contribution is 0.136. The van der Waals surface area contributed by atoms with Gasteiger partial charge in [0.05, 0.1) is 13.2 Å². The van der Waals surface area contributed by atoms with Gasteiger partial charge in [0, 0.05) is 29.0 Å². The molecule has 5 aromatic carbocycles. The van der Waals surface area contributed by atoms with E-state index < -0.39 is 5.60 Å². The topological polar surface area (TPSA) is 27.7 Å². The van der Waals surface area contributed by atoms with Crippen LogP contribution in [0.1, 0.15) is 42.5 Å². The van der Waals surface area contributed by atoms with Gasteiger partial charge in [-0.2, -0.15) is 0 Å². The molecular formula is C42H36O3. The number of fused-ring (bicyclic) bond motifs is 8. The Bertz CT molecular complexity index is 2050. The van der Waals surface area contributed by atoms with Crippen LogP contribution in [0.3, 0.4) is 0 Å². The van der Waals surface area contributed by atoms with Crippen LogP contribution in [0.5, 0.6) is 11.5 Å². The molecule has 8 rings (SSSR count). The van der Waals surface area contributed by atoms with Crippen molar-refractivity contribution in [2.24, 2.45) is 0 Å². The van der Waals surface area contributed by atoms with Crippen molar-refractivity contribution in [3.05, 3.63) is 149 Å². The Hall–Kier alpha value is -4.86. The number of hydrogen-bond donors (Lipinski definition) is 0. The maximum absolute atomic E-state index is 7.49. The first-order valence-corrected chi connectivity index (χ1v) is 15.7. The van der Waals surface area contributed by atoms with E-state index in [2.05, 4.69) is 141 Å². The average Bonchev–Trinajstić information content (AvgIpc) is 3.35. The summed E-state index contributed by atoms with van der Waals surface area (Å²) in [7, 11) is 3.49. The van der Waals surface area contributed by atoms with Crippen LogP contribution in [0.4, 0.5) is 0 Å². The Morgan fingerprint density at radius 1 is 0.778 bits per heavy atom. The summed E-state index contributed by atoms with van der Waals surface area (Å²) >= 11 is 0. The van der Waals surface area contributed by atoms with E-state index in [0.29, 0.717) is 0 Å². The normalized spacial score (nSPS) is 20.6. The minimum Gasteiger partial charge on any atom is -0.497 e. The fourth-order valence-electron chi connectivity index (χ4n) is 7.63. The van der Waals surface area contributed by atoms with Crippen molar-refractivity contribution in [1.29, 1.82) is 0 Å². The number of benzene rings is 5. The van der Waals surface area contributed by atoms with E-state index in [0.717, 1.165) is 40.0 Å². The monoisotopic (exact) mass is 588 g/mol. The lowest BCUT2D eigenvalue weighted by Crippen LogP contribution is -2.36. The maximum Gasteiger partial charge on any atom is 0.177 e. The molecule has 45 heavy (non-hydrogen) atoms. The highest BCUT2D eigenvalue weighted by Gasteiger charge is 2.44. The molecule has 222 valence electrons. The van der Waals surface area contributed by atoms with Crippen LogP contribution in [0.15, 0.2) is 127 Å². The van der Waals surface area contributed by atoms with Crippen molar-refractivity contribution in [1.82, 2.24) is 0 Å². The van der Waals surface area contributed by atoms with E-state index in [4.69, 9.17) is 14.2 Å². The van der Waals surface area contributed by atoms with Gasteiger partial charge in [-0.3, -0.25) is 0 Å². The van der Waals surface area contributed by atoms with Crippen molar-refractivity contribution in [3.63, 3.8) is 0 Å². The Balaban J connectivity index is 1.37. The Kier molecular flexibility index (Phi) is 6.37. The van der Waals surface area contributed by atoms with E-state index in [-0.39, 0.29) is 11.5 Å². The van der Waals surface area contributed by atoms with E-state index in [1.165, 1.54) is 38.8 Å². The highest BCUT2D eigenvalue weighted by atomic mass is 16.5. The van der Waals surface area contributed by atoms with Crippen molar-refractivity contribution in [2.45, 2.75) is 37.4 Å². The summed E-state index contributed by atoms with van der Waals surface area (Å²) in [6.07, 6.45) is 12.0. The second-order valence-electron chi connectivity index (χ2n) is 12.7. The summed E-state index contributed by atoms with van der Waals surface area (Å²) in [5, 5.41) is 2.24. The third-order valence-corrected chi connectivity index (χ3v) is 9.96. The molecule has 0 saturated carbocycles. The zero-order chi connectivity index (χ0) is 30.8. The van der Waals surface area contributed by atoms with Crippen LogP contribution in [-0.4, -0.2) is 20.3 Å². The fourth-order valence-corrected chi connectivity index (χ4v) is 7.63. The predicted octanol–water partition coefficient (Wildman–Crippen LogP) is 10.0. The van der Waals surface area contributed by atoms with Gasteiger partial charge in [0.15, 0.2) is 5.60 Å². The highest BCUT2D eigenvalue weighted by Crippen LogP contribution is 2.58. The largest absolute Gasteiger partial charge is 0.497 e. The first kappa shape index (κ1) is 27.7. The van der Waals surface area contributed by atoms with Gasteiger partial charge < -0.3 is 14.2 Å². The van der Waals surface area contributed by atoms with Crippen LogP contribution in [0, 0.1) is 0 Å². The molecule has 1 heterocycles. The van der Waals surface area contributed by atoms with E-state index in [1.54, 1.807) is 14.2 Å². The van der Waals surface area contributed by atoms with Gasteiger partial charge in [0.2, 0.25) is 0 Å². The third kappa shape index (κ3) is 4.14. The summed E-state index contributed by atoms with van der Waals surface area (Å²) in [6.45, 7) is 4.67. The van der Waals surface area contributed by atoms with Crippen molar-refractivity contribution < 1.29 is 14.2 Å². The highest BCUT2D eigenvalue weighted by molar-refractivity contribution is 6.09. The summed E-state index contributed by atoms with van der Waals surface area (Å²) in [5.41, 5.74) is 9.91. The van der Waals surface area contributed by atoms with Gasteiger partial charge in [0.25, 0.3) is 0 Å². The third-order valence-electron chi connectivity index (χ3n) is 9.96. The van der Waals surface area contributed by atoms with Crippen molar-refractivity contribution in [3.8, 4) is 33.8 Å². The van der Waals surface area contributed by atoms with Gasteiger partial charge in [-0.25, -0.2) is 0 Å². The molecule has 0 radical (unpaired) electrons. The summed E-state index contributed by atoms with van der Waals surface area (Å²) in [6, 6.07) is 34.6. The lowest BCUT2D eigenvalue weighted by atomic mass is 9.76. The minimum absolute atomic E-state index is 0.0544. The van der Waals surface area contributed by atoms with Crippen LogP contribution in [-0.2, 0) is 15.8 Å². The Morgan fingerprint density at radius 2 is 1.53 bits per heavy atom. The Labute approximate surface area is 265 Å². The second kappa shape index (κ2) is 10.4. The molecule has 0 saturated heterocycles. The zero-order valence-corrected chi connectivity index (χ0v) is 26.1. The molecule has 3 heteroatoms. The molecule has 3 nitrogen and oxygen atoms in total. The summed E-state index contributed by atoms with van der Waals surface area (Å²) in [4.78, 5) is 0. The number of rotatable bonds is 5. The first-order valence-electron chi connectivity index (χ1n) is 15.7. The van der Waals surface area contributed by atoms with Gasteiger partial charge in [0.1, 0.15) is 11.5 Å².